The summed E-state index contributed by atoms with van der Waals surface area (Å²) in [7, 11) is 0. The maximum Gasteiger partial charge on any atom is 0.419 e. The molecule has 2 aromatic heterocycles. The van der Waals surface area contributed by atoms with E-state index in [1.807, 2.05) is 4.90 Å². The molecule has 0 amide bonds. The highest BCUT2D eigenvalue weighted by Gasteiger charge is 2.32. The number of anilines is 1. The molecule has 0 aliphatic carbocycles. The highest BCUT2D eigenvalue weighted by Crippen LogP contribution is 2.28. The molecule has 0 radical (unpaired) electrons. The Hall–Kier alpha value is -2.58. The van der Waals surface area contributed by atoms with Gasteiger partial charge in [0.2, 0.25) is 11.5 Å². The molecular weight excluding hydrogens is 325 g/mol. The van der Waals surface area contributed by atoms with Crippen LogP contribution >= 0.6 is 0 Å². The Morgan fingerprint density at radius 3 is 2.38 bits per heavy atom. The normalized spacial score (nSPS) is 16.2. The zero-order valence-electron chi connectivity index (χ0n) is 12.6. The monoisotopic (exact) mass is 340 g/mol. The average Bonchev–Trinajstić information content (AvgIpc) is 2.57. The molecule has 0 spiro atoms. The Morgan fingerprint density at radius 2 is 1.83 bits per heavy atom. The maximum atomic E-state index is 12.5. The van der Waals surface area contributed by atoms with Crippen LogP contribution in [-0.4, -0.2) is 34.1 Å². The number of alkyl halides is 3. The fourth-order valence-corrected chi connectivity index (χ4v) is 2.47. The first-order valence-electron chi connectivity index (χ1n) is 7.41. The molecule has 0 bridgehead atoms. The van der Waals surface area contributed by atoms with Crippen LogP contribution in [0.1, 0.15) is 18.4 Å². The van der Waals surface area contributed by atoms with E-state index in [1.54, 1.807) is 6.07 Å². The number of nitrogens with zero attached hydrogens (tertiary/aromatic N) is 3. The molecule has 6 nitrogen and oxygen atoms in total. The van der Waals surface area contributed by atoms with Gasteiger partial charge in [0.25, 0.3) is 0 Å². The predicted molar refractivity (Wildman–Crippen MR) is 80.0 cm³/mol. The summed E-state index contributed by atoms with van der Waals surface area (Å²) in [5, 5.41) is 0. The van der Waals surface area contributed by atoms with Crippen LogP contribution in [0.4, 0.5) is 19.1 Å². The van der Waals surface area contributed by atoms with Gasteiger partial charge in [0.15, 0.2) is 0 Å². The summed E-state index contributed by atoms with van der Waals surface area (Å²) < 4.78 is 43.3. The van der Waals surface area contributed by atoms with Crippen molar-refractivity contribution in [2.24, 2.45) is 0 Å². The van der Waals surface area contributed by atoms with E-state index in [-0.39, 0.29) is 17.6 Å². The summed E-state index contributed by atoms with van der Waals surface area (Å²) in [6.07, 6.45) is 0.00861. The smallest absolute Gasteiger partial charge is 0.419 e. The fourth-order valence-electron chi connectivity index (χ4n) is 2.47. The fraction of sp³-hybridized carbons (Fsp3) is 0.400. The van der Waals surface area contributed by atoms with Crippen molar-refractivity contribution in [1.29, 1.82) is 0 Å². The van der Waals surface area contributed by atoms with Gasteiger partial charge in [0.05, 0.1) is 5.56 Å². The summed E-state index contributed by atoms with van der Waals surface area (Å²) in [4.78, 5) is 23.0. The van der Waals surface area contributed by atoms with Crippen molar-refractivity contribution in [3.8, 4) is 5.75 Å². The molecule has 1 aliphatic heterocycles. The lowest BCUT2D eigenvalue weighted by molar-refractivity contribution is -0.138. The number of aromatic nitrogens is 3. The molecule has 1 saturated heterocycles. The second kappa shape index (κ2) is 6.50. The molecule has 0 unspecified atom stereocenters. The first-order valence-corrected chi connectivity index (χ1v) is 7.41. The van der Waals surface area contributed by atoms with E-state index in [0.717, 1.165) is 12.4 Å². The van der Waals surface area contributed by atoms with Gasteiger partial charge in [-0.15, -0.1) is 0 Å². The zero-order valence-corrected chi connectivity index (χ0v) is 12.6. The van der Waals surface area contributed by atoms with Gasteiger partial charge < -0.3 is 14.6 Å². The summed E-state index contributed by atoms with van der Waals surface area (Å²) in [6.45, 7) is 1.17. The van der Waals surface area contributed by atoms with Crippen LogP contribution in [0.2, 0.25) is 0 Å². The number of hydrogen-bond acceptors (Lipinski definition) is 5. The highest BCUT2D eigenvalue weighted by atomic mass is 19.4. The van der Waals surface area contributed by atoms with Crippen LogP contribution in [0.3, 0.4) is 0 Å². The largest absolute Gasteiger partial charge is 0.489 e. The molecular formula is C15H15F3N4O2. The van der Waals surface area contributed by atoms with E-state index < -0.39 is 11.7 Å². The van der Waals surface area contributed by atoms with Crippen LogP contribution in [0.5, 0.6) is 5.75 Å². The first-order chi connectivity index (χ1) is 11.4. The standard InChI is InChI=1S/C15H15F3N4O2/c16-15(17,18)10-7-20-14(21-8-10)22-5-3-11(4-6-22)24-12-1-2-13(23)19-9-12/h1-2,7-9,11H,3-6H2,(H,19,23). The van der Waals surface area contributed by atoms with Crippen LogP contribution in [0.25, 0.3) is 0 Å². The molecule has 0 aromatic carbocycles. The molecule has 1 fully saturated rings. The molecule has 3 rings (SSSR count). The van der Waals surface area contributed by atoms with E-state index in [0.29, 0.717) is 31.7 Å². The van der Waals surface area contributed by atoms with Crippen molar-refractivity contribution in [2.75, 3.05) is 18.0 Å². The van der Waals surface area contributed by atoms with Crippen molar-refractivity contribution >= 4 is 5.95 Å². The second-order valence-electron chi connectivity index (χ2n) is 5.46. The topological polar surface area (TPSA) is 71.1 Å². The quantitative estimate of drug-likeness (QED) is 0.928. The van der Waals surface area contributed by atoms with Crippen LogP contribution in [0.15, 0.2) is 35.5 Å². The van der Waals surface area contributed by atoms with Gasteiger partial charge in [-0.1, -0.05) is 0 Å². The summed E-state index contributed by atoms with van der Waals surface area (Å²) in [5.41, 5.74) is -1.06. The van der Waals surface area contributed by atoms with Crippen molar-refractivity contribution in [2.45, 2.75) is 25.1 Å². The zero-order chi connectivity index (χ0) is 17.2. The van der Waals surface area contributed by atoms with Crippen molar-refractivity contribution < 1.29 is 17.9 Å². The predicted octanol–water partition coefficient (Wildman–Crippen LogP) is 2.23. The van der Waals surface area contributed by atoms with E-state index in [4.69, 9.17) is 4.74 Å². The summed E-state index contributed by atoms with van der Waals surface area (Å²) in [5.74, 6) is 0.865. The summed E-state index contributed by atoms with van der Waals surface area (Å²) in [6, 6.07) is 2.99. The molecule has 24 heavy (non-hydrogen) atoms. The number of halogens is 3. The maximum absolute atomic E-state index is 12.5. The number of hydrogen-bond donors (Lipinski definition) is 1. The Morgan fingerprint density at radius 1 is 1.17 bits per heavy atom. The van der Waals surface area contributed by atoms with E-state index in [2.05, 4.69) is 15.0 Å². The minimum atomic E-state index is -4.43. The Bertz CT molecular complexity index is 717. The SMILES string of the molecule is O=c1ccc(OC2CCN(c3ncc(C(F)(F)F)cn3)CC2)c[nH]1. The summed E-state index contributed by atoms with van der Waals surface area (Å²) >= 11 is 0. The highest BCUT2D eigenvalue weighted by molar-refractivity contribution is 5.31. The van der Waals surface area contributed by atoms with Gasteiger partial charge in [-0.25, -0.2) is 9.97 Å². The lowest BCUT2D eigenvalue weighted by Gasteiger charge is -2.32. The number of ether oxygens (including phenoxy) is 1. The number of piperidine rings is 1. The molecule has 1 N–H and O–H groups in total. The molecule has 1 aliphatic rings. The van der Waals surface area contributed by atoms with Gasteiger partial charge in [-0.05, 0) is 6.07 Å². The minimum absolute atomic E-state index is 0.0263. The van der Waals surface area contributed by atoms with Gasteiger partial charge >= 0.3 is 6.18 Å². The minimum Gasteiger partial charge on any atom is -0.489 e. The van der Waals surface area contributed by atoms with Gasteiger partial charge in [-0.3, -0.25) is 4.79 Å². The third-order valence-electron chi connectivity index (χ3n) is 3.75. The Kier molecular flexibility index (Phi) is 4.41. The van der Waals surface area contributed by atoms with Crippen LogP contribution in [-0.2, 0) is 6.18 Å². The third-order valence-corrected chi connectivity index (χ3v) is 3.75. The number of H-pyrrole nitrogens is 1. The van der Waals surface area contributed by atoms with E-state index in [1.165, 1.54) is 12.3 Å². The van der Waals surface area contributed by atoms with Crippen molar-refractivity contribution in [3.63, 3.8) is 0 Å². The molecule has 3 heterocycles. The van der Waals surface area contributed by atoms with Gasteiger partial charge in [0, 0.05) is 50.6 Å². The number of nitrogens with one attached hydrogen (secondary N) is 1. The molecule has 9 heteroatoms. The molecule has 0 atom stereocenters. The second-order valence-corrected chi connectivity index (χ2v) is 5.46. The lowest BCUT2D eigenvalue weighted by atomic mass is 10.1. The molecule has 0 saturated carbocycles. The Balaban J connectivity index is 1.56. The average molecular weight is 340 g/mol. The molecule has 128 valence electrons. The molecule has 2 aromatic rings. The van der Waals surface area contributed by atoms with Gasteiger partial charge in [-0.2, -0.15) is 13.2 Å². The first kappa shape index (κ1) is 16.3. The van der Waals surface area contributed by atoms with Crippen LogP contribution in [0, 0.1) is 0 Å². The number of aromatic amines is 1. The van der Waals surface area contributed by atoms with Crippen molar-refractivity contribution in [3.05, 3.63) is 46.6 Å². The van der Waals surface area contributed by atoms with Crippen molar-refractivity contribution in [1.82, 2.24) is 15.0 Å². The lowest BCUT2D eigenvalue weighted by Crippen LogP contribution is -2.39. The Labute approximate surface area is 135 Å². The van der Waals surface area contributed by atoms with E-state index >= 15 is 0 Å². The van der Waals surface area contributed by atoms with Gasteiger partial charge in [0.1, 0.15) is 11.9 Å². The number of pyridine rings is 1. The van der Waals surface area contributed by atoms with Crippen LogP contribution < -0.4 is 15.2 Å². The van der Waals surface area contributed by atoms with E-state index in [9.17, 15) is 18.0 Å². The number of rotatable bonds is 3. The third kappa shape index (κ3) is 3.84.